The molecular formula is C37H23NS. The maximum absolute atomic E-state index is 3.95. The highest BCUT2D eigenvalue weighted by Gasteiger charge is 2.25. The quantitative estimate of drug-likeness (QED) is 0.237. The van der Waals surface area contributed by atoms with Crippen LogP contribution in [0.3, 0.4) is 0 Å². The van der Waals surface area contributed by atoms with Gasteiger partial charge in [0.1, 0.15) is 0 Å². The minimum absolute atomic E-state index is 0.952. The van der Waals surface area contributed by atoms with E-state index in [2.05, 4.69) is 126 Å². The summed E-state index contributed by atoms with van der Waals surface area (Å²) >= 11 is 1.92. The van der Waals surface area contributed by atoms with Crippen LogP contribution in [-0.2, 0) is 6.42 Å². The second-order valence-electron chi connectivity index (χ2n) is 10.5. The van der Waals surface area contributed by atoms with E-state index in [0.29, 0.717) is 0 Å². The third-order valence-electron chi connectivity index (χ3n) is 8.51. The minimum Gasteiger partial charge on any atom is -0.353 e. The Morgan fingerprint density at radius 2 is 1.00 bits per heavy atom. The molecule has 1 N–H and O–H groups in total. The van der Waals surface area contributed by atoms with E-state index in [1.807, 2.05) is 11.3 Å². The van der Waals surface area contributed by atoms with Crippen molar-refractivity contribution >= 4 is 53.3 Å². The van der Waals surface area contributed by atoms with E-state index in [4.69, 9.17) is 0 Å². The standard InChI is InChI=1S/C37H23NS/c1-3-9-22(10-4-1)24-13-7-15-26-27-17-18-28-29-19-20-31-30-16-8-14-25(23-11-5-2-6-12-23)36(30)39-37(31)35(29)38-34(28)33(27)21-32(24)26/h1-20,38H,21H2. The fourth-order valence-corrected chi connectivity index (χ4v) is 8.06. The highest BCUT2D eigenvalue weighted by molar-refractivity contribution is 7.27. The van der Waals surface area contributed by atoms with Crippen LogP contribution in [0, 0.1) is 0 Å². The van der Waals surface area contributed by atoms with Gasteiger partial charge in [0, 0.05) is 32.7 Å². The second kappa shape index (κ2) is 7.92. The lowest BCUT2D eigenvalue weighted by atomic mass is 9.96. The zero-order valence-electron chi connectivity index (χ0n) is 21.2. The van der Waals surface area contributed by atoms with Crippen LogP contribution in [-0.4, -0.2) is 4.98 Å². The third-order valence-corrected chi connectivity index (χ3v) is 9.78. The lowest BCUT2D eigenvalue weighted by molar-refractivity contribution is 1.27. The molecule has 0 unspecified atom stereocenters. The van der Waals surface area contributed by atoms with Crippen LogP contribution in [0.4, 0.5) is 0 Å². The molecule has 39 heavy (non-hydrogen) atoms. The molecule has 0 bridgehead atoms. The first kappa shape index (κ1) is 21.3. The van der Waals surface area contributed by atoms with Crippen molar-refractivity contribution in [3.63, 3.8) is 0 Å². The summed E-state index contributed by atoms with van der Waals surface area (Å²) in [6.07, 6.45) is 0.952. The van der Waals surface area contributed by atoms with Gasteiger partial charge >= 0.3 is 0 Å². The molecular weight excluding hydrogens is 490 g/mol. The molecule has 2 heterocycles. The summed E-state index contributed by atoms with van der Waals surface area (Å²) in [5.74, 6) is 0. The highest BCUT2D eigenvalue weighted by atomic mass is 32.1. The van der Waals surface area contributed by atoms with Crippen LogP contribution in [0.2, 0.25) is 0 Å². The van der Waals surface area contributed by atoms with Gasteiger partial charge in [-0.3, -0.25) is 0 Å². The molecule has 1 nitrogen and oxygen atoms in total. The zero-order chi connectivity index (χ0) is 25.5. The third kappa shape index (κ3) is 2.95. The van der Waals surface area contributed by atoms with Gasteiger partial charge in [0.2, 0.25) is 0 Å². The van der Waals surface area contributed by atoms with Gasteiger partial charge < -0.3 is 4.98 Å². The van der Waals surface area contributed by atoms with E-state index in [1.165, 1.54) is 86.5 Å². The van der Waals surface area contributed by atoms with Crippen molar-refractivity contribution < 1.29 is 0 Å². The van der Waals surface area contributed by atoms with Crippen molar-refractivity contribution in [2.75, 3.05) is 0 Å². The summed E-state index contributed by atoms with van der Waals surface area (Å²) in [5.41, 5.74) is 13.3. The van der Waals surface area contributed by atoms with E-state index in [1.54, 1.807) is 0 Å². The monoisotopic (exact) mass is 513 g/mol. The van der Waals surface area contributed by atoms with Crippen LogP contribution in [0.1, 0.15) is 11.1 Å². The summed E-state index contributed by atoms with van der Waals surface area (Å²) in [6.45, 7) is 0. The Labute approximate surface area is 230 Å². The number of aromatic nitrogens is 1. The average molecular weight is 514 g/mol. The fraction of sp³-hybridized carbons (Fsp3) is 0.0270. The number of aromatic amines is 1. The summed E-state index contributed by atoms with van der Waals surface area (Å²) in [6, 6.07) is 44.4. The number of rotatable bonds is 2. The van der Waals surface area contributed by atoms with Crippen LogP contribution >= 0.6 is 11.3 Å². The summed E-state index contributed by atoms with van der Waals surface area (Å²) < 4.78 is 2.70. The van der Waals surface area contributed by atoms with Crippen molar-refractivity contribution in [3.8, 4) is 33.4 Å². The molecule has 0 amide bonds. The van der Waals surface area contributed by atoms with Gasteiger partial charge in [0.05, 0.1) is 15.7 Å². The van der Waals surface area contributed by atoms with E-state index < -0.39 is 0 Å². The predicted octanol–water partition coefficient (Wildman–Crippen LogP) is 10.6. The average Bonchev–Trinajstić information content (AvgIpc) is 3.69. The topological polar surface area (TPSA) is 15.8 Å². The van der Waals surface area contributed by atoms with Crippen molar-refractivity contribution in [3.05, 3.63) is 132 Å². The van der Waals surface area contributed by atoms with Crippen molar-refractivity contribution in [1.82, 2.24) is 4.98 Å². The van der Waals surface area contributed by atoms with Gasteiger partial charge in [0.15, 0.2) is 0 Å². The van der Waals surface area contributed by atoms with Crippen LogP contribution in [0.25, 0.3) is 75.4 Å². The molecule has 0 saturated carbocycles. The summed E-state index contributed by atoms with van der Waals surface area (Å²) in [7, 11) is 0. The highest BCUT2D eigenvalue weighted by Crippen LogP contribution is 2.48. The molecule has 0 spiro atoms. The number of fused-ring (bicyclic) bond motifs is 11. The lowest BCUT2D eigenvalue weighted by Gasteiger charge is -2.08. The van der Waals surface area contributed by atoms with Crippen molar-refractivity contribution in [2.45, 2.75) is 6.42 Å². The molecule has 0 saturated heterocycles. The Balaban J connectivity index is 1.28. The Morgan fingerprint density at radius 3 is 1.82 bits per heavy atom. The zero-order valence-corrected chi connectivity index (χ0v) is 22.0. The van der Waals surface area contributed by atoms with Gasteiger partial charge in [-0.1, -0.05) is 121 Å². The van der Waals surface area contributed by atoms with Crippen LogP contribution in [0.15, 0.2) is 121 Å². The number of H-pyrrole nitrogens is 1. The first-order valence-corrected chi connectivity index (χ1v) is 14.3. The van der Waals surface area contributed by atoms with Crippen molar-refractivity contribution in [2.24, 2.45) is 0 Å². The molecule has 8 aromatic rings. The number of nitrogens with one attached hydrogen (secondary N) is 1. The number of thiophene rings is 1. The molecule has 2 aromatic heterocycles. The normalized spacial score (nSPS) is 12.5. The van der Waals surface area contributed by atoms with E-state index in [0.717, 1.165) is 6.42 Å². The van der Waals surface area contributed by atoms with E-state index in [9.17, 15) is 0 Å². The maximum atomic E-state index is 3.95. The molecule has 0 aliphatic heterocycles. The SMILES string of the molecule is c1ccc(-c2cccc3c2Cc2c-3ccc3c2[nH]c2c3ccc3c4cccc(-c5ccccc5)c4sc32)cc1. The van der Waals surface area contributed by atoms with Gasteiger partial charge in [-0.05, 0) is 44.5 Å². The molecule has 1 aliphatic rings. The Kier molecular flexibility index (Phi) is 4.33. The molecule has 6 aromatic carbocycles. The van der Waals surface area contributed by atoms with E-state index in [-0.39, 0.29) is 0 Å². The van der Waals surface area contributed by atoms with Gasteiger partial charge in [0.25, 0.3) is 0 Å². The number of benzene rings is 6. The number of hydrogen-bond acceptors (Lipinski definition) is 1. The first-order chi connectivity index (χ1) is 19.3. The van der Waals surface area contributed by atoms with Gasteiger partial charge in [-0.15, -0.1) is 11.3 Å². The Hall–Kier alpha value is -4.66. The van der Waals surface area contributed by atoms with E-state index >= 15 is 0 Å². The lowest BCUT2D eigenvalue weighted by Crippen LogP contribution is -1.88. The Morgan fingerprint density at radius 1 is 0.410 bits per heavy atom. The molecule has 2 heteroatoms. The molecule has 0 fully saturated rings. The Bertz CT molecular complexity index is 2230. The van der Waals surface area contributed by atoms with Gasteiger partial charge in [-0.25, -0.2) is 0 Å². The molecule has 0 atom stereocenters. The maximum Gasteiger partial charge on any atom is 0.0646 e. The molecule has 0 radical (unpaired) electrons. The predicted molar refractivity (Wildman–Crippen MR) is 168 cm³/mol. The van der Waals surface area contributed by atoms with Crippen LogP contribution < -0.4 is 0 Å². The molecule has 182 valence electrons. The van der Waals surface area contributed by atoms with Crippen molar-refractivity contribution in [1.29, 1.82) is 0 Å². The minimum atomic E-state index is 0.952. The largest absolute Gasteiger partial charge is 0.353 e. The molecule has 1 aliphatic carbocycles. The van der Waals surface area contributed by atoms with Gasteiger partial charge in [-0.2, -0.15) is 0 Å². The first-order valence-electron chi connectivity index (χ1n) is 13.5. The fourth-order valence-electron chi connectivity index (χ4n) is 6.73. The summed E-state index contributed by atoms with van der Waals surface area (Å²) in [4.78, 5) is 3.95. The second-order valence-corrected chi connectivity index (χ2v) is 11.5. The van der Waals surface area contributed by atoms with Crippen LogP contribution in [0.5, 0.6) is 0 Å². The summed E-state index contributed by atoms with van der Waals surface area (Å²) in [5, 5.41) is 5.30. The number of hydrogen-bond donors (Lipinski definition) is 1. The molecule has 9 rings (SSSR count). The smallest absolute Gasteiger partial charge is 0.0646 e.